The largest absolute Gasteiger partial charge is 0.376 e. The third-order valence-electron chi connectivity index (χ3n) is 3.96. The van der Waals surface area contributed by atoms with Crippen molar-refractivity contribution in [2.75, 3.05) is 18.5 Å². The third kappa shape index (κ3) is 3.73. The van der Waals surface area contributed by atoms with Gasteiger partial charge in [0.05, 0.1) is 11.8 Å². The van der Waals surface area contributed by atoms with Crippen molar-refractivity contribution in [3.8, 4) is 5.69 Å². The topological polar surface area (TPSA) is 68.2 Å². The molecule has 1 unspecified atom stereocenters. The van der Waals surface area contributed by atoms with Gasteiger partial charge in [-0.05, 0) is 51.0 Å². The van der Waals surface area contributed by atoms with Gasteiger partial charge in [-0.2, -0.15) is 5.10 Å². The van der Waals surface area contributed by atoms with Crippen molar-refractivity contribution in [1.29, 1.82) is 0 Å². The second-order valence-corrected chi connectivity index (χ2v) is 5.98. The van der Waals surface area contributed by atoms with Crippen molar-refractivity contribution in [3.05, 3.63) is 41.5 Å². The first-order chi connectivity index (χ1) is 11.5. The van der Waals surface area contributed by atoms with Crippen molar-refractivity contribution in [3.63, 3.8) is 0 Å². The molecule has 0 saturated carbocycles. The number of hydrogen-bond donors (Lipinski definition) is 2. The van der Waals surface area contributed by atoms with E-state index < -0.39 is 5.82 Å². The summed E-state index contributed by atoms with van der Waals surface area (Å²) in [6.07, 6.45) is 2.04. The first kappa shape index (κ1) is 16.4. The number of halogens is 1. The zero-order valence-corrected chi connectivity index (χ0v) is 13.8. The Morgan fingerprint density at radius 1 is 1.42 bits per heavy atom. The highest BCUT2D eigenvalue weighted by atomic mass is 19.1. The fourth-order valence-corrected chi connectivity index (χ4v) is 2.82. The quantitative estimate of drug-likeness (QED) is 0.904. The van der Waals surface area contributed by atoms with Crippen molar-refractivity contribution in [2.45, 2.75) is 32.8 Å². The van der Waals surface area contributed by atoms with E-state index in [1.165, 1.54) is 6.07 Å². The number of ether oxygens (including phenoxy) is 1. The van der Waals surface area contributed by atoms with E-state index in [-0.39, 0.29) is 12.1 Å². The molecule has 0 aliphatic carbocycles. The van der Waals surface area contributed by atoms with Crippen LogP contribution in [0.5, 0.6) is 0 Å². The first-order valence-corrected chi connectivity index (χ1v) is 8.02. The Balaban J connectivity index is 1.63. The Morgan fingerprint density at radius 3 is 2.88 bits per heavy atom. The summed E-state index contributed by atoms with van der Waals surface area (Å²) in [5.41, 5.74) is 2.41. The Bertz CT molecular complexity index is 738. The molecule has 1 fully saturated rings. The van der Waals surface area contributed by atoms with Gasteiger partial charge in [-0.1, -0.05) is 0 Å². The number of aromatic nitrogens is 2. The smallest absolute Gasteiger partial charge is 0.319 e. The van der Waals surface area contributed by atoms with Crippen LogP contribution in [0, 0.1) is 19.7 Å². The highest BCUT2D eigenvalue weighted by Crippen LogP contribution is 2.20. The highest BCUT2D eigenvalue weighted by molar-refractivity contribution is 5.89. The molecule has 1 aliphatic heterocycles. The maximum absolute atomic E-state index is 14.4. The molecule has 2 heterocycles. The number of amides is 2. The van der Waals surface area contributed by atoms with Crippen molar-refractivity contribution in [1.82, 2.24) is 15.1 Å². The summed E-state index contributed by atoms with van der Waals surface area (Å²) in [5, 5.41) is 9.63. The van der Waals surface area contributed by atoms with E-state index in [1.807, 2.05) is 19.9 Å². The van der Waals surface area contributed by atoms with Gasteiger partial charge in [0, 0.05) is 24.5 Å². The van der Waals surface area contributed by atoms with Gasteiger partial charge in [-0.15, -0.1) is 0 Å². The monoisotopic (exact) mass is 332 g/mol. The number of urea groups is 1. The summed E-state index contributed by atoms with van der Waals surface area (Å²) in [6.45, 7) is 4.92. The van der Waals surface area contributed by atoms with Gasteiger partial charge < -0.3 is 15.4 Å². The number of hydrogen-bond acceptors (Lipinski definition) is 3. The molecule has 2 amide bonds. The minimum Gasteiger partial charge on any atom is -0.376 e. The summed E-state index contributed by atoms with van der Waals surface area (Å²) < 4.78 is 21.3. The van der Waals surface area contributed by atoms with Crippen LogP contribution in [0.4, 0.5) is 14.9 Å². The highest BCUT2D eigenvalue weighted by Gasteiger charge is 2.16. The zero-order valence-electron chi connectivity index (χ0n) is 13.8. The lowest BCUT2D eigenvalue weighted by Crippen LogP contribution is -2.35. The maximum atomic E-state index is 14.4. The first-order valence-electron chi connectivity index (χ1n) is 8.02. The van der Waals surface area contributed by atoms with Crippen LogP contribution in [0.15, 0.2) is 24.3 Å². The number of anilines is 1. The predicted octanol–water partition coefficient (Wildman–Crippen LogP) is 2.93. The lowest BCUT2D eigenvalue weighted by molar-refractivity contribution is 0.112. The van der Waals surface area contributed by atoms with Crippen LogP contribution >= 0.6 is 0 Å². The molecule has 2 aromatic rings. The fourth-order valence-electron chi connectivity index (χ4n) is 2.82. The minimum atomic E-state index is -0.446. The van der Waals surface area contributed by atoms with Gasteiger partial charge in [-0.3, -0.25) is 0 Å². The molecular weight excluding hydrogens is 311 g/mol. The van der Waals surface area contributed by atoms with Crippen LogP contribution in [-0.4, -0.2) is 35.1 Å². The van der Waals surface area contributed by atoms with E-state index in [9.17, 15) is 9.18 Å². The summed E-state index contributed by atoms with van der Waals surface area (Å²) >= 11 is 0. The second kappa shape index (κ2) is 7.00. The van der Waals surface area contributed by atoms with E-state index in [4.69, 9.17) is 4.74 Å². The molecule has 24 heavy (non-hydrogen) atoms. The van der Waals surface area contributed by atoms with Crippen LogP contribution in [-0.2, 0) is 4.74 Å². The lowest BCUT2D eigenvalue weighted by Gasteiger charge is -2.12. The van der Waals surface area contributed by atoms with Gasteiger partial charge in [0.2, 0.25) is 0 Å². The molecule has 0 spiro atoms. The number of nitrogens with zero attached hydrogens (tertiary/aromatic N) is 2. The Labute approximate surface area is 140 Å². The van der Waals surface area contributed by atoms with Gasteiger partial charge >= 0.3 is 6.03 Å². The number of rotatable bonds is 4. The van der Waals surface area contributed by atoms with Gasteiger partial charge in [0.25, 0.3) is 0 Å². The Morgan fingerprint density at radius 2 is 2.25 bits per heavy atom. The third-order valence-corrected chi connectivity index (χ3v) is 3.96. The Hall–Kier alpha value is -2.41. The van der Waals surface area contributed by atoms with E-state index >= 15 is 0 Å². The fraction of sp³-hybridized carbons (Fsp3) is 0.412. The number of carbonyl (C=O) groups excluding carboxylic acids is 1. The average molecular weight is 332 g/mol. The van der Waals surface area contributed by atoms with Crippen molar-refractivity contribution < 1.29 is 13.9 Å². The number of carbonyl (C=O) groups is 1. The van der Waals surface area contributed by atoms with Gasteiger partial charge in [-0.25, -0.2) is 13.9 Å². The number of nitrogens with one attached hydrogen (secondary N) is 2. The molecule has 0 bridgehead atoms. The summed E-state index contributed by atoms with van der Waals surface area (Å²) in [6, 6.07) is 6.05. The molecule has 2 N–H and O–H groups in total. The molecular formula is C17H21FN4O2. The Kier molecular flexibility index (Phi) is 4.80. The maximum Gasteiger partial charge on any atom is 0.319 e. The van der Waals surface area contributed by atoms with Gasteiger partial charge in [0.15, 0.2) is 5.82 Å². The summed E-state index contributed by atoms with van der Waals surface area (Å²) in [5.74, 6) is -0.446. The molecule has 1 aromatic carbocycles. The molecule has 0 radical (unpaired) electrons. The van der Waals surface area contributed by atoms with Crippen molar-refractivity contribution >= 4 is 11.7 Å². The van der Waals surface area contributed by atoms with Crippen LogP contribution in [0.2, 0.25) is 0 Å². The minimum absolute atomic E-state index is 0.0703. The summed E-state index contributed by atoms with van der Waals surface area (Å²) in [7, 11) is 0. The van der Waals surface area contributed by atoms with E-state index in [0.717, 1.165) is 30.8 Å². The predicted molar refractivity (Wildman–Crippen MR) is 89.0 cm³/mol. The van der Waals surface area contributed by atoms with E-state index in [0.29, 0.717) is 17.9 Å². The van der Waals surface area contributed by atoms with Crippen LogP contribution < -0.4 is 10.6 Å². The molecule has 3 rings (SSSR count). The van der Waals surface area contributed by atoms with Crippen LogP contribution in [0.3, 0.4) is 0 Å². The molecule has 1 aliphatic rings. The molecule has 1 aromatic heterocycles. The molecule has 128 valence electrons. The second-order valence-electron chi connectivity index (χ2n) is 5.98. The van der Waals surface area contributed by atoms with E-state index in [1.54, 1.807) is 16.8 Å². The van der Waals surface area contributed by atoms with Crippen molar-refractivity contribution in [2.24, 2.45) is 0 Å². The zero-order chi connectivity index (χ0) is 17.1. The van der Waals surface area contributed by atoms with Crippen LogP contribution in [0.25, 0.3) is 5.69 Å². The molecule has 1 saturated heterocycles. The van der Waals surface area contributed by atoms with Gasteiger partial charge in [0.1, 0.15) is 5.69 Å². The summed E-state index contributed by atoms with van der Waals surface area (Å²) in [4.78, 5) is 11.9. The van der Waals surface area contributed by atoms with Crippen LogP contribution in [0.1, 0.15) is 24.2 Å². The molecule has 7 heteroatoms. The number of benzene rings is 1. The normalized spacial score (nSPS) is 17.0. The van der Waals surface area contributed by atoms with E-state index in [2.05, 4.69) is 15.7 Å². The molecule has 6 nitrogen and oxygen atoms in total. The SMILES string of the molecule is Cc1cc(C)n(-c2ccc(NC(=O)NCC3CCCO3)cc2F)n1. The lowest BCUT2D eigenvalue weighted by atomic mass is 10.2. The standard InChI is InChI=1S/C17H21FN4O2/c1-11-8-12(2)22(21-11)16-6-5-13(9-15(16)18)20-17(23)19-10-14-4-3-7-24-14/h5-6,8-9,14H,3-4,7,10H2,1-2H3,(H2,19,20,23). The molecule has 1 atom stereocenters. The average Bonchev–Trinajstić information content (AvgIpc) is 3.15. The number of aryl methyl sites for hydroxylation is 2.